The highest BCUT2D eigenvalue weighted by molar-refractivity contribution is 5.83. The first-order chi connectivity index (χ1) is 14.8. The number of nitrogens with zero attached hydrogens (tertiary/aromatic N) is 5. The summed E-state index contributed by atoms with van der Waals surface area (Å²) in [5.74, 6) is 0.941. The number of hydrogen-bond acceptors (Lipinski definition) is 8. The lowest BCUT2D eigenvalue weighted by atomic mass is 10.1. The van der Waals surface area contributed by atoms with Crippen molar-refractivity contribution in [1.29, 1.82) is 0 Å². The highest BCUT2D eigenvalue weighted by Gasteiger charge is 2.16. The summed E-state index contributed by atoms with van der Waals surface area (Å²) in [7, 11) is 1.75. The van der Waals surface area contributed by atoms with Gasteiger partial charge in [-0.05, 0) is 43.3 Å². The molecule has 0 bridgehead atoms. The topological polar surface area (TPSA) is 116 Å². The molecule has 2 N–H and O–H groups in total. The Morgan fingerprint density at radius 1 is 1.13 bits per heavy atom. The second-order valence-electron chi connectivity index (χ2n) is 7.62. The lowest BCUT2D eigenvalue weighted by Gasteiger charge is -2.19. The lowest BCUT2D eigenvalue weighted by molar-refractivity contribution is 0.0620. The Morgan fingerprint density at radius 2 is 1.90 bits per heavy atom. The van der Waals surface area contributed by atoms with Gasteiger partial charge in [0.2, 0.25) is 0 Å². The van der Waals surface area contributed by atoms with Gasteiger partial charge < -0.3 is 4.74 Å². The molecule has 2 aromatic heterocycles. The van der Waals surface area contributed by atoms with Gasteiger partial charge in [0.15, 0.2) is 5.82 Å². The summed E-state index contributed by atoms with van der Waals surface area (Å²) in [6.07, 6.45) is 1.21. The molecule has 1 aromatic carbocycles. The van der Waals surface area contributed by atoms with Gasteiger partial charge in [-0.3, -0.25) is 15.6 Å². The molecule has 10 nitrogen and oxygen atoms in total. The summed E-state index contributed by atoms with van der Waals surface area (Å²) in [6.45, 7) is 5.55. The van der Waals surface area contributed by atoms with Crippen LogP contribution in [0.5, 0.6) is 0 Å². The lowest BCUT2D eigenvalue weighted by Crippen LogP contribution is -2.27. The molecule has 0 spiro atoms. The van der Waals surface area contributed by atoms with E-state index in [1.165, 1.54) is 0 Å². The first-order valence-corrected chi connectivity index (χ1v) is 9.63. The summed E-state index contributed by atoms with van der Waals surface area (Å²) in [5, 5.41) is 14.1. The van der Waals surface area contributed by atoms with Crippen LogP contribution < -0.4 is 10.8 Å². The Balaban J connectivity index is 1.65. The van der Waals surface area contributed by atoms with E-state index in [0.717, 1.165) is 5.56 Å². The molecule has 0 unspecified atom stereocenters. The van der Waals surface area contributed by atoms with Crippen molar-refractivity contribution in [3.05, 3.63) is 65.6 Å². The molecule has 0 atom stereocenters. The molecule has 1 amide bonds. The molecule has 162 valence electrons. The van der Waals surface area contributed by atoms with Crippen LogP contribution in [0.2, 0.25) is 0 Å². The Bertz CT molecular complexity index is 1040. The number of hydroxylamine groups is 1. The van der Waals surface area contributed by atoms with Crippen LogP contribution in [-0.4, -0.2) is 36.9 Å². The Labute approximate surface area is 180 Å². The van der Waals surface area contributed by atoms with Crippen LogP contribution >= 0.6 is 0 Å². The van der Waals surface area contributed by atoms with Gasteiger partial charge in [-0.2, -0.15) is 0 Å². The number of rotatable bonds is 7. The zero-order chi connectivity index (χ0) is 22.3. The third-order valence-electron chi connectivity index (χ3n) is 3.85. The van der Waals surface area contributed by atoms with Crippen LogP contribution in [0.15, 0.2) is 48.5 Å². The number of nitrogens with one attached hydrogen (secondary N) is 2. The first-order valence-electron chi connectivity index (χ1n) is 9.63. The molecule has 31 heavy (non-hydrogen) atoms. The minimum Gasteiger partial charge on any atom is -0.444 e. The SMILES string of the molecule is Cn1nnnc1C=C(NOCc1cccc(NC(=O)OC(C)(C)C)n1)c1ccccc1. The second kappa shape index (κ2) is 9.81. The van der Waals surface area contributed by atoms with Crippen molar-refractivity contribution in [2.75, 3.05) is 5.32 Å². The van der Waals surface area contributed by atoms with Gasteiger partial charge in [-0.1, -0.05) is 36.4 Å². The molecule has 3 aromatic rings. The van der Waals surface area contributed by atoms with Crippen molar-refractivity contribution in [3.8, 4) is 0 Å². The highest BCUT2D eigenvalue weighted by Crippen LogP contribution is 2.15. The van der Waals surface area contributed by atoms with Crippen molar-refractivity contribution in [2.24, 2.45) is 7.05 Å². The van der Waals surface area contributed by atoms with Gasteiger partial charge in [0.1, 0.15) is 18.0 Å². The fourth-order valence-corrected chi connectivity index (χ4v) is 2.50. The number of tetrazole rings is 1. The maximum absolute atomic E-state index is 11.9. The zero-order valence-electron chi connectivity index (χ0n) is 17.9. The molecule has 10 heteroatoms. The van der Waals surface area contributed by atoms with Crippen LogP contribution in [0.4, 0.5) is 10.6 Å². The van der Waals surface area contributed by atoms with Crippen LogP contribution in [0.3, 0.4) is 0 Å². The Kier molecular flexibility index (Phi) is 6.93. The number of ether oxygens (including phenoxy) is 1. The van der Waals surface area contributed by atoms with E-state index in [1.807, 2.05) is 30.3 Å². The van der Waals surface area contributed by atoms with E-state index in [9.17, 15) is 4.79 Å². The van der Waals surface area contributed by atoms with Crippen LogP contribution in [-0.2, 0) is 23.2 Å². The third kappa shape index (κ3) is 6.89. The van der Waals surface area contributed by atoms with Crippen LogP contribution in [0.25, 0.3) is 11.8 Å². The number of anilines is 1. The summed E-state index contributed by atoms with van der Waals surface area (Å²) in [4.78, 5) is 22.0. The van der Waals surface area contributed by atoms with E-state index >= 15 is 0 Å². The monoisotopic (exact) mass is 423 g/mol. The number of carbonyl (C=O) groups is 1. The number of aryl methyl sites for hydroxylation is 1. The molecule has 3 rings (SSSR count). The molecule has 0 aliphatic heterocycles. The van der Waals surface area contributed by atoms with Crippen molar-refractivity contribution in [1.82, 2.24) is 30.7 Å². The van der Waals surface area contributed by atoms with Crippen molar-refractivity contribution >= 4 is 23.7 Å². The standard InChI is InChI=1S/C21H25N7O3/c1-21(2,3)31-20(29)23-18-12-8-11-16(22-18)14-30-25-17(15-9-6-5-7-10-15)13-19-24-26-27-28(19)4/h5-13,25H,14H2,1-4H3,(H,22,23,29). The molecule has 2 heterocycles. The average molecular weight is 423 g/mol. The van der Waals surface area contributed by atoms with E-state index in [4.69, 9.17) is 9.57 Å². The first kappa shape index (κ1) is 21.9. The van der Waals surface area contributed by atoms with Gasteiger partial charge >= 0.3 is 6.09 Å². The normalized spacial score (nSPS) is 11.8. The summed E-state index contributed by atoms with van der Waals surface area (Å²) in [6, 6.07) is 14.9. The summed E-state index contributed by atoms with van der Waals surface area (Å²) >= 11 is 0. The maximum atomic E-state index is 11.9. The predicted octanol–water partition coefficient (Wildman–Crippen LogP) is 3.17. The van der Waals surface area contributed by atoms with Gasteiger partial charge in [0.25, 0.3) is 0 Å². The van der Waals surface area contributed by atoms with Gasteiger partial charge in [0, 0.05) is 18.7 Å². The molecule has 0 aliphatic rings. The molecule has 0 radical (unpaired) electrons. The Hall–Kier alpha value is -3.79. The smallest absolute Gasteiger partial charge is 0.413 e. The number of pyridine rings is 1. The van der Waals surface area contributed by atoms with Crippen molar-refractivity contribution < 1.29 is 14.4 Å². The van der Waals surface area contributed by atoms with Crippen LogP contribution in [0.1, 0.15) is 37.9 Å². The maximum Gasteiger partial charge on any atom is 0.413 e. The highest BCUT2D eigenvalue weighted by atomic mass is 16.6. The van der Waals surface area contributed by atoms with Crippen LogP contribution in [0, 0.1) is 0 Å². The minimum absolute atomic E-state index is 0.158. The minimum atomic E-state index is -0.590. The van der Waals surface area contributed by atoms with Gasteiger partial charge in [-0.25, -0.2) is 14.5 Å². The van der Waals surface area contributed by atoms with E-state index in [1.54, 1.807) is 56.8 Å². The molecular weight excluding hydrogens is 398 g/mol. The molecule has 0 aliphatic carbocycles. The molecular formula is C21H25N7O3. The van der Waals surface area contributed by atoms with E-state index < -0.39 is 11.7 Å². The van der Waals surface area contributed by atoms with E-state index in [0.29, 0.717) is 23.0 Å². The number of benzene rings is 1. The fourth-order valence-electron chi connectivity index (χ4n) is 2.50. The van der Waals surface area contributed by atoms with E-state index in [-0.39, 0.29) is 6.61 Å². The number of amides is 1. The van der Waals surface area contributed by atoms with Gasteiger partial charge in [0.05, 0.1) is 11.4 Å². The third-order valence-corrected chi connectivity index (χ3v) is 3.85. The molecule has 0 saturated heterocycles. The predicted molar refractivity (Wildman–Crippen MR) is 115 cm³/mol. The Morgan fingerprint density at radius 3 is 2.58 bits per heavy atom. The summed E-state index contributed by atoms with van der Waals surface area (Å²) < 4.78 is 6.80. The largest absolute Gasteiger partial charge is 0.444 e. The summed E-state index contributed by atoms with van der Waals surface area (Å²) in [5.41, 5.74) is 4.55. The molecule has 0 saturated carbocycles. The van der Waals surface area contributed by atoms with Crippen molar-refractivity contribution in [3.63, 3.8) is 0 Å². The second-order valence-corrected chi connectivity index (χ2v) is 7.62. The van der Waals surface area contributed by atoms with Crippen molar-refractivity contribution in [2.45, 2.75) is 33.0 Å². The quantitative estimate of drug-likeness (QED) is 0.557. The average Bonchev–Trinajstić information content (AvgIpc) is 3.11. The number of aromatic nitrogens is 5. The molecule has 0 fully saturated rings. The van der Waals surface area contributed by atoms with E-state index in [2.05, 4.69) is 31.3 Å². The number of hydrogen-bond donors (Lipinski definition) is 2. The zero-order valence-corrected chi connectivity index (χ0v) is 17.9. The fraction of sp³-hybridized carbons (Fsp3) is 0.286. The van der Waals surface area contributed by atoms with Gasteiger partial charge in [-0.15, -0.1) is 5.10 Å². The number of carbonyl (C=O) groups excluding carboxylic acids is 1.